The topological polar surface area (TPSA) is 87.1 Å². The monoisotopic (exact) mass is 426 g/mol. The van der Waals surface area contributed by atoms with E-state index in [0.717, 1.165) is 16.8 Å². The van der Waals surface area contributed by atoms with Crippen molar-refractivity contribution >= 4 is 22.3 Å². The summed E-state index contributed by atoms with van der Waals surface area (Å²) in [6, 6.07) is 18.5. The average Bonchev–Trinajstić information content (AvgIpc) is 3.38. The van der Waals surface area contributed by atoms with Crippen molar-refractivity contribution in [1.29, 1.82) is 0 Å². The molecule has 0 N–H and O–H groups in total. The number of rotatable bonds is 6. The highest BCUT2D eigenvalue weighted by Gasteiger charge is 2.17. The molecule has 0 unspecified atom stereocenters. The van der Waals surface area contributed by atoms with Crippen molar-refractivity contribution in [2.75, 3.05) is 0 Å². The second kappa shape index (κ2) is 7.88. The van der Waals surface area contributed by atoms with Gasteiger partial charge >= 0.3 is 5.69 Å². The minimum Gasteiger partial charge on any atom is -0.292 e. The summed E-state index contributed by atoms with van der Waals surface area (Å²) in [5.74, 6) is 0.425. The lowest BCUT2D eigenvalue weighted by Crippen LogP contribution is -2.30. The molecule has 8 nitrogen and oxygen atoms in total. The third-order valence-corrected chi connectivity index (χ3v) is 5.55. The van der Waals surface area contributed by atoms with Crippen LogP contribution in [0.2, 0.25) is 0 Å². The van der Waals surface area contributed by atoms with Gasteiger partial charge in [-0.3, -0.25) is 14.0 Å². The molecular weight excluding hydrogens is 404 g/mol. The molecule has 160 valence electrons. The fraction of sp³-hybridized carbons (Fsp3) is 0.208. The molecule has 0 bridgehead atoms. The van der Waals surface area contributed by atoms with Crippen LogP contribution < -0.4 is 5.69 Å². The van der Waals surface area contributed by atoms with E-state index in [1.54, 1.807) is 12.1 Å². The Morgan fingerprint density at radius 3 is 2.47 bits per heavy atom. The van der Waals surface area contributed by atoms with Crippen LogP contribution in [0.4, 0.5) is 0 Å². The Hall–Kier alpha value is -4.07. The minimum atomic E-state index is -0.382. The average molecular weight is 426 g/mol. The molecule has 0 saturated heterocycles. The summed E-state index contributed by atoms with van der Waals surface area (Å²) in [6.07, 6.45) is 0.542. The summed E-state index contributed by atoms with van der Waals surface area (Å²) in [6.45, 7) is 4.51. The number of aromatic nitrogens is 6. The number of hydrogen-bond acceptors (Lipinski definition) is 5. The van der Waals surface area contributed by atoms with Crippen molar-refractivity contribution < 1.29 is 4.79 Å². The summed E-state index contributed by atoms with van der Waals surface area (Å²) >= 11 is 0. The van der Waals surface area contributed by atoms with Gasteiger partial charge in [-0.05, 0) is 32.0 Å². The molecule has 0 atom stereocenters. The van der Waals surface area contributed by atoms with Crippen LogP contribution in [-0.4, -0.2) is 34.7 Å². The van der Waals surface area contributed by atoms with Crippen LogP contribution in [0.5, 0.6) is 0 Å². The Morgan fingerprint density at radius 1 is 0.969 bits per heavy atom. The van der Waals surface area contributed by atoms with Gasteiger partial charge in [0.2, 0.25) is 0 Å². The Labute approximate surface area is 183 Å². The standard InChI is InChI=1S/C24H22N6O2/c1-16-14-17(2)29(26-16)13-12-22-25-23-19-10-6-7-11-20(19)28(24(32)30(23)27-22)15-21(31)18-8-4-3-5-9-18/h3-11,14H,12-13,15H2,1-2H3. The second-order valence-corrected chi connectivity index (χ2v) is 7.84. The van der Waals surface area contributed by atoms with E-state index in [4.69, 9.17) is 0 Å². The Morgan fingerprint density at radius 2 is 1.72 bits per heavy atom. The van der Waals surface area contributed by atoms with Crippen molar-refractivity contribution in [2.24, 2.45) is 0 Å². The van der Waals surface area contributed by atoms with E-state index >= 15 is 0 Å². The van der Waals surface area contributed by atoms with Crippen LogP contribution in [0.1, 0.15) is 27.6 Å². The highest BCUT2D eigenvalue weighted by atomic mass is 16.2. The number of carbonyl (C=O) groups is 1. The summed E-state index contributed by atoms with van der Waals surface area (Å²) in [5, 5.41) is 9.72. The van der Waals surface area contributed by atoms with Gasteiger partial charge in [-0.1, -0.05) is 42.5 Å². The van der Waals surface area contributed by atoms with Crippen LogP contribution in [-0.2, 0) is 19.5 Å². The summed E-state index contributed by atoms with van der Waals surface area (Å²) < 4.78 is 4.68. The first-order valence-corrected chi connectivity index (χ1v) is 10.5. The van der Waals surface area contributed by atoms with Gasteiger partial charge in [0.25, 0.3) is 0 Å². The summed E-state index contributed by atoms with van der Waals surface area (Å²) in [4.78, 5) is 30.8. The highest BCUT2D eigenvalue weighted by Crippen LogP contribution is 2.18. The SMILES string of the molecule is Cc1cc(C)n(CCc2nc3c4ccccc4n(CC(=O)c4ccccc4)c(=O)n3n2)n1. The maximum absolute atomic E-state index is 13.3. The van der Waals surface area contributed by atoms with Gasteiger partial charge in [-0.2, -0.15) is 9.61 Å². The third-order valence-electron chi connectivity index (χ3n) is 5.55. The van der Waals surface area contributed by atoms with Crippen LogP contribution in [0, 0.1) is 13.8 Å². The molecule has 8 heteroatoms. The molecule has 0 aliphatic heterocycles. The number of benzene rings is 2. The molecule has 3 aromatic heterocycles. The first-order valence-electron chi connectivity index (χ1n) is 10.5. The van der Waals surface area contributed by atoms with Gasteiger partial charge < -0.3 is 0 Å². The van der Waals surface area contributed by atoms with Gasteiger partial charge in [0.05, 0.1) is 17.8 Å². The normalized spacial score (nSPS) is 11.4. The van der Waals surface area contributed by atoms with E-state index in [9.17, 15) is 9.59 Å². The van der Waals surface area contributed by atoms with Crippen molar-refractivity contribution in [3.8, 4) is 0 Å². The van der Waals surface area contributed by atoms with Gasteiger partial charge in [0.1, 0.15) is 0 Å². The minimum absolute atomic E-state index is 0.0692. The maximum atomic E-state index is 13.3. The van der Waals surface area contributed by atoms with Gasteiger partial charge in [0.15, 0.2) is 17.3 Å². The predicted octanol–water partition coefficient (Wildman–Crippen LogP) is 2.98. The number of ketones is 1. The van der Waals surface area contributed by atoms with E-state index in [-0.39, 0.29) is 18.0 Å². The molecule has 0 amide bonds. The maximum Gasteiger partial charge on any atom is 0.351 e. The molecule has 0 saturated carbocycles. The Kier molecular flexibility index (Phi) is 4.89. The molecule has 3 heterocycles. The number of para-hydroxylation sites is 1. The van der Waals surface area contributed by atoms with E-state index in [2.05, 4.69) is 15.2 Å². The Balaban J connectivity index is 1.56. The number of aryl methyl sites for hydroxylation is 4. The van der Waals surface area contributed by atoms with Crippen LogP contribution in [0.25, 0.3) is 16.6 Å². The molecule has 0 spiro atoms. The quantitative estimate of drug-likeness (QED) is 0.390. The largest absolute Gasteiger partial charge is 0.351 e. The number of Topliss-reactive ketones (excluding diaryl/α,β-unsaturated/α-hetero) is 1. The fourth-order valence-electron chi connectivity index (χ4n) is 4.00. The van der Waals surface area contributed by atoms with Crippen molar-refractivity contribution in [3.63, 3.8) is 0 Å². The first-order chi connectivity index (χ1) is 15.5. The lowest BCUT2D eigenvalue weighted by atomic mass is 10.1. The van der Waals surface area contributed by atoms with Crippen LogP contribution >= 0.6 is 0 Å². The van der Waals surface area contributed by atoms with Gasteiger partial charge in [0, 0.05) is 29.6 Å². The lowest BCUT2D eigenvalue weighted by molar-refractivity contribution is 0.0971. The molecule has 2 aromatic carbocycles. The molecular formula is C24H22N6O2. The predicted molar refractivity (Wildman–Crippen MR) is 121 cm³/mol. The van der Waals surface area contributed by atoms with Crippen LogP contribution in [0.3, 0.4) is 0 Å². The molecule has 0 aliphatic rings. The van der Waals surface area contributed by atoms with E-state index < -0.39 is 0 Å². The lowest BCUT2D eigenvalue weighted by Gasteiger charge is -2.10. The van der Waals surface area contributed by atoms with Gasteiger partial charge in [-0.15, -0.1) is 5.10 Å². The molecule has 5 rings (SSSR count). The molecule has 0 aliphatic carbocycles. The molecule has 0 radical (unpaired) electrons. The van der Waals surface area contributed by atoms with Crippen molar-refractivity contribution in [2.45, 2.75) is 33.4 Å². The number of hydrogen-bond donors (Lipinski definition) is 0. The van der Waals surface area contributed by atoms with E-state index in [1.165, 1.54) is 9.08 Å². The number of nitrogens with zero attached hydrogens (tertiary/aromatic N) is 6. The smallest absolute Gasteiger partial charge is 0.292 e. The van der Waals surface area contributed by atoms with Crippen molar-refractivity contribution in [1.82, 2.24) is 28.9 Å². The number of fused-ring (bicyclic) bond motifs is 3. The third kappa shape index (κ3) is 3.49. The molecule has 32 heavy (non-hydrogen) atoms. The molecule has 0 fully saturated rings. The van der Waals surface area contributed by atoms with E-state index in [0.29, 0.717) is 35.5 Å². The second-order valence-electron chi connectivity index (χ2n) is 7.84. The fourth-order valence-corrected chi connectivity index (χ4v) is 4.00. The summed E-state index contributed by atoms with van der Waals surface area (Å²) in [7, 11) is 0. The van der Waals surface area contributed by atoms with Gasteiger partial charge in [-0.25, -0.2) is 9.78 Å². The highest BCUT2D eigenvalue weighted by molar-refractivity contribution is 5.97. The van der Waals surface area contributed by atoms with E-state index in [1.807, 2.05) is 67.1 Å². The number of carbonyl (C=O) groups excluding carboxylic acids is 1. The summed E-state index contributed by atoms with van der Waals surface area (Å²) in [5.41, 5.74) is 3.37. The zero-order valence-electron chi connectivity index (χ0n) is 17.9. The van der Waals surface area contributed by atoms with Crippen LogP contribution in [0.15, 0.2) is 65.5 Å². The van der Waals surface area contributed by atoms with Crippen molar-refractivity contribution in [3.05, 3.63) is 93.9 Å². The Bertz CT molecular complexity index is 1510. The molecule has 5 aromatic rings. The first kappa shape index (κ1) is 19.9. The zero-order chi connectivity index (χ0) is 22.2. The zero-order valence-corrected chi connectivity index (χ0v) is 17.9.